The van der Waals surface area contributed by atoms with Crippen LogP contribution < -0.4 is 5.32 Å². The molecule has 2 saturated heterocycles. The molecule has 2 aromatic carbocycles. The van der Waals surface area contributed by atoms with Gasteiger partial charge in [0.25, 0.3) is 0 Å². The number of para-hydroxylation sites is 1. The number of hydrogen-bond acceptors (Lipinski definition) is 5. The van der Waals surface area contributed by atoms with Crippen molar-refractivity contribution in [1.29, 1.82) is 0 Å². The predicted molar refractivity (Wildman–Crippen MR) is 147 cm³/mol. The van der Waals surface area contributed by atoms with Crippen molar-refractivity contribution in [2.75, 3.05) is 19.8 Å². The fraction of sp³-hybridized carbons (Fsp3) is 0.484. The second kappa shape index (κ2) is 10.8. The summed E-state index contributed by atoms with van der Waals surface area (Å²) in [4.78, 5) is 49.8. The van der Waals surface area contributed by atoms with Crippen LogP contribution in [0.15, 0.2) is 48.5 Å². The van der Waals surface area contributed by atoms with Gasteiger partial charge in [-0.1, -0.05) is 43.3 Å². The maximum atomic E-state index is 14.2. The van der Waals surface area contributed by atoms with Crippen molar-refractivity contribution in [3.63, 3.8) is 0 Å². The molecule has 3 fully saturated rings. The van der Waals surface area contributed by atoms with Gasteiger partial charge in [-0.2, -0.15) is 0 Å². The molecule has 2 amide bonds. The molecule has 2 N–H and O–H groups in total. The van der Waals surface area contributed by atoms with Gasteiger partial charge in [0.15, 0.2) is 11.6 Å². The van der Waals surface area contributed by atoms with Gasteiger partial charge >= 0.3 is 0 Å². The van der Waals surface area contributed by atoms with E-state index >= 15 is 0 Å². The minimum absolute atomic E-state index is 0.0328. The number of amides is 2. The summed E-state index contributed by atoms with van der Waals surface area (Å²) < 4.78 is 19.5. The van der Waals surface area contributed by atoms with Gasteiger partial charge in [0.05, 0.1) is 37.2 Å². The summed E-state index contributed by atoms with van der Waals surface area (Å²) in [5, 5.41) is 2.94. The Hall–Kier alpha value is -3.59. The van der Waals surface area contributed by atoms with Crippen molar-refractivity contribution in [2.24, 2.45) is 11.3 Å². The molecule has 1 aliphatic carbocycles. The van der Waals surface area contributed by atoms with Crippen LogP contribution in [0, 0.1) is 17.2 Å². The van der Waals surface area contributed by atoms with E-state index in [1.807, 2.05) is 42.2 Å². The molecule has 0 unspecified atom stereocenters. The standard InChI is InChI=1S/C31H35FN4O4/c1-19(29-33-23-10-5-9-22(32)28(23)35-29)13-26(37)24(34-30(39)21-15-31(16-21)17-40-18-31)14-27(38)36-12-6-11-25(36)20-7-3-2-4-8-20/h2-5,7-10,19,21,24-25H,6,11-18H2,1H3,(H,33,35)(H,34,39)/t19-,24+,25+/m1/s1. The van der Waals surface area contributed by atoms with E-state index < -0.39 is 11.9 Å². The topological polar surface area (TPSA) is 104 Å². The lowest BCUT2D eigenvalue weighted by molar-refractivity contribution is -0.184. The number of likely N-dealkylation sites (tertiary alicyclic amines) is 1. The molecule has 3 heterocycles. The van der Waals surface area contributed by atoms with Gasteiger partial charge in [-0.15, -0.1) is 0 Å². The highest BCUT2D eigenvalue weighted by molar-refractivity contribution is 5.94. The zero-order valence-electron chi connectivity index (χ0n) is 22.7. The van der Waals surface area contributed by atoms with Crippen LogP contribution in [0.25, 0.3) is 11.0 Å². The van der Waals surface area contributed by atoms with Gasteiger partial charge in [0, 0.05) is 30.2 Å². The molecule has 1 saturated carbocycles. The Labute approximate surface area is 232 Å². The Bertz CT molecular complexity index is 1410. The smallest absolute Gasteiger partial charge is 0.225 e. The van der Waals surface area contributed by atoms with Gasteiger partial charge in [-0.05, 0) is 43.4 Å². The minimum Gasteiger partial charge on any atom is -0.380 e. The largest absolute Gasteiger partial charge is 0.380 e. The molecule has 40 heavy (non-hydrogen) atoms. The van der Waals surface area contributed by atoms with Crippen molar-refractivity contribution in [2.45, 2.75) is 63.5 Å². The van der Waals surface area contributed by atoms with Gasteiger partial charge < -0.3 is 19.9 Å². The normalized spacial score (nSPS) is 21.6. The van der Waals surface area contributed by atoms with Crippen molar-refractivity contribution in [3.8, 4) is 0 Å². The number of imidazole rings is 1. The van der Waals surface area contributed by atoms with Crippen LogP contribution in [0.3, 0.4) is 0 Å². The molecule has 2 aliphatic heterocycles. The number of carbonyl (C=O) groups excluding carboxylic acids is 3. The summed E-state index contributed by atoms with van der Waals surface area (Å²) in [6.45, 7) is 3.83. The lowest BCUT2D eigenvalue weighted by Gasteiger charge is -2.52. The number of fused-ring (bicyclic) bond motifs is 1. The summed E-state index contributed by atoms with van der Waals surface area (Å²) in [6.07, 6.45) is 3.23. The average Bonchev–Trinajstić information content (AvgIpc) is 3.56. The Morgan fingerprint density at radius 2 is 1.90 bits per heavy atom. The first-order valence-corrected chi connectivity index (χ1v) is 14.2. The van der Waals surface area contributed by atoms with E-state index in [-0.39, 0.29) is 59.2 Å². The maximum absolute atomic E-state index is 14.2. The van der Waals surface area contributed by atoms with E-state index in [1.165, 1.54) is 6.07 Å². The third-order valence-electron chi connectivity index (χ3n) is 8.84. The number of aromatic nitrogens is 2. The van der Waals surface area contributed by atoms with E-state index in [0.29, 0.717) is 31.1 Å². The number of carbonyl (C=O) groups is 3. The molecule has 3 aliphatic rings. The number of Topliss-reactive ketones (excluding diaryl/α,β-unsaturated/α-hetero) is 1. The molecule has 3 aromatic rings. The zero-order valence-corrected chi connectivity index (χ0v) is 22.7. The van der Waals surface area contributed by atoms with E-state index in [9.17, 15) is 18.8 Å². The first-order chi connectivity index (χ1) is 19.3. The Morgan fingerprint density at radius 3 is 2.60 bits per heavy atom. The minimum atomic E-state index is -0.935. The summed E-state index contributed by atoms with van der Waals surface area (Å²) >= 11 is 0. The number of ether oxygens (including phenoxy) is 1. The van der Waals surface area contributed by atoms with Crippen molar-refractivity contribution in [1.82, 2.24) is 20.2 Å². The highest BCUT2D eigenvalue weighted by Crippen LogP contribution is 2.50. The predicted octanol–water partition coefficient (Wildman–Crippen LogP) is 4.43. The van der Waals surface area contributed by atoms with Crippen LogP contribution in [0.4, 0.5) is 4.39 Å². The van der Waals surface area contributed by atoms with Gasteiger partial charge in [-0.3, -0.25) is 14.4 Å². The number of nitrogens with one attached hydrogen (secondary N) is 2. The van der Waals surface area contributed by atoms with Crippen LogP contribution >= 0.6 is 0 Å². The number of nitrogens with zero attached hydrogens (tertiary/aromatic N) is 2. The zero-order chi connectivity index (χ0) is 27.9. The van der Waals surface area contributed by atoms with E-state index in [4.69, 9.17) is 4.74 Å². The highest BCUT2D eigenvalue weighted by atomic mass is 19.1. The Balaban J connectivity index is 1.17. The number of benzene rings is 2. The van der Waals surface area contributed by atoms with Gasteiger partial charge in [0.2, 0.25) is 11.8 Å². The number of halogens is 1. The van der Waals surface area contributed by atoms with E-state index in [2.05, 4.69) is 15.3 Å². The lowest BCUT2D eigenvalue weighted by atomic mass is 9.60. The van der Waals surface area contributed by atoms with Crippen molar-refractivity contribution < 1.29 is 23.5 Å². The number of ketones is 1. The maximum Gasteiger partial charge on any atom is 0.225 e. The molecule has 3 atom stereocenters. The van der Waals surface area contributed by atoms with E-state index in [0.717, 1.165) is 31.2 Å². The summed E-state index contributed by atoms with van der Waals surface area (Å²) in [6, 6.07) is 13.7. The van der Waals surface area contributed by atoms with Crippen LogP contribution in [-0.2, 0) is 19.1 Å². The Morgan fingerprint density at radius 1 is 1.12 bits per heavy atom. The molecular formula is C31H35FN4O4. The number of rotatable bonds is 9. The molecule has 210 valence electrons. The van der Waals surface area contributed by atoms with Crippen LogP contribution in [-0.4, -0.2) is 58.3 Å². The molecule has 8 nitrogen and oxygen atoms in total. The molecule has 0 bridgehead atoms. The molecular weight excluding hydrogens is 511 g/mol. The Kier molecular flexibility index (Phi) is 7.16. The van der Waals surface area contributed by atoms with Crippen molar-refractivity contribution >= 4 is 28.6 Å². The number of hydrogen-bond donors (Lipinski definition) is 2. The summed E-state index contributed by atoms with van der Waals surface area (Å²) in [5.41, 5.74) is 1.99. The molecule has 1 aromatic heterocycles. The fourth-order valence-corrected chi connectivity index (χ4v) is 6.50. The summed E-state index contributed by atoms with van der Waals surface area (Å²) in [7, 11) is 0. The van der Waals surface area contributed by atoms with Gasteiger partial charge in [0.1, 0.15) is 11.3 Å². The first-order valence-electron chi connectivity index (χ1n) is 14.2. The third-order valence-corrected chi connectivity index (χ3v) is 8.84. The molecule has 1 spiro atoms. The molecule has 6 rings (SSSR count). The number of aromatic amines is 1. The van der Waals surface area contributed by atoms with Crippen LogP contribution in [0.1, 0.15) is 68.8 Å². The fourth-order valence-electron chi connectivity index (χ4n) is 6.50. The molecule has 0 radical (unpaired) electrons. The number of H-pyrrole nitrogens is 1. The van der Waals surface area contributed by atoms with E-state index in [1.54, 1.807) is 12.1 Å². The van der Waals surface area contributed by atoms with Crippen molar-refractivity contribution in [3.05, 3.63) is 65.7 Å². The second-order valence-electron chi connectivity index (χ2n) is 11.8. The highest BCUT2D eigenvalue weighted by Gasteiger charge is 2.52. The SMILES string of the molecule is C[C@H](CC(=O)[C@H](CC(=O)N1CCC[C@H]1c1ccccc1)NC(=O)C1CC2(COC2)C1)c1nc2c(F)cccc2[nH]1. The quantitative estimate of drug-likeness (QED) is 0.413. The lowest BCUT2D eigenvalue weighted by Crippen LogP contribution is -2.57. The average molecular weight is 547 g/mol. The second-order valence-corrected chi connectivity index (χ2v) is 11.8. The first kappa shape index (κ1) is 26.6. The van der Waals surface area contributed by atoms with Gasteiger partial charge in [-0.25, -0.2) is 9.37 Å². The molecule has 9 heteroatoms. The summed E-state index contributed by atoms with van der Waals surface area (Å²) in [5.74, 6) is -0.996. The van der Waals surface area contributed by atoms with Crippen LogP contribution in [0.2, 0.25) is 0 Å². The van der Waals surface area contributed by atoms with Crippen LogP contribution in [0.5, 0.6) is 0 Å². The third kappa shape index (κ3) is 5.14. The monoisotopic (exact) mass is 546 g/mol.